The van der Waals surface area contributed by atoms with Gasteiger partial charge in [0.1, 0.15) is 11.8 Å². The van der Waals surface area contributed by atoms with E-state index in [1.54, 1.807) is 23.1 Å². The number of anilines is 1. The first kappa shape index (κ1) is 15.9. The summed E-state index contributed by atoms with van der Waals surface area (Å²) in [6.07, 6.45) is 4.47. The molecule has 1 saturated heterocycles. The van der Waals surface area contributed by atoms with Crippen LogP contribution in [0.25, 0.3) is 0 Å². The van der Waals surface area contributed by atoms with E-state index in [0.29, 0.717) is 23.4 Å². The second kappa shape index (κ2) is 6.06. The summed E-state index contributed by atoms with van der Waals surface area (Å²) in [4.78, 5) is 37.8. The first-order valence-electron chi connectivity index (χ1n) is 8.67. The number of carboxylic acid groups (broad SMARTS) is 1. The minimum Gasteiger partial charge on any atom is -0.482 e. The average molecular weight is 344 g/mol. The van der Waals surface area contributed by atoms with Crippen molar-refractivity contribution < 1.29 is 24.2 Å². The Morgan fingerprint density at radius 3 is 2.84 bits per heavy atom. The highest BCUT2D eigenvalue weighted by atomic mass is 16.5. The molecule has 3 atom stereocenters. The fourth-order valence-electron chi connectivity index (χ4n) is 4.34. The van der Waals surface area contributed by atoms with Crippen molar-refractivity contribution in [1.29, 1.82) is 0 Å². The fourth-order valence-corrected chi connectivity index (χ4v) is 4.34. The number of hydrogen-bond donors (Lipinski definition) is 2. The van der Waals surface area contributed by atoms with E-state index >= 15 is 0 Å². The van der Waals surface area contributed by atoms with E-state index in [0.717, 1.165) is 25.7 Å². The van der Waals surface area contributed by atoms with Crippen LogP contribution >= 0.6 is 0 Å². The molecule has 25 heavy (non-hydrogen) atoms. The van der Waals surface area contributed by atoms with Crippen molar-refractivity contribution >= 4 is 23.5 Å². The number of carbonyl (C=O) groups is 3. The molecule has 132 valence electrons. The predicted molar refractivity (Wildman–Crippen MR) is 88.5 cm³/mol. The van der Waals surface area contributed by atoms with Gasteiger partial charge in [-0.1, -0.05) is 12.8 Å². The maximum Gasteiger partial charge on any atom is 0.326 e. The molecule has 0 radical (unpaired) electrons. The van der Waals surface area contributed by atoms with Gasteiger partial charge in [0.15, 0.2) is 6.61 Å². The molecule has 0 spiro atoms. The molecule has 4 rings (SSSR count). The molecule has 1 aromatic carbocycles. The molecule has 2 heterocycles. The molecule has 1 aromatic rings. The van der Waals surface area contributed by atoms with Crippen LogP contribution in [-0.4, -0.2) is 46.5 Å². The number of rotatable bonds is 2. The van der Waals surface area contributed by atoms with E-state index in [4.69, 9.17) is 4.74 Å². The molecule has 2 N–H and O–H groups in total. The number of carbonyl (C=O) groups excluding carboxylic acids is 2. The minimum absolute atomic E-state index is 0.00998. The Bertz CT molecular complexity index is 747. The van der Waals surface area contributed by atoms with E-state index in [1.807, 2.05) is 0 Å². The SMILES string of the molecule is O=C1COc2ccc(C(=O)N3[C@@H]4CCCC[C@@H]4C[C@H]3C(=O)O)cc2N1. The van der Waals surface area contributed by atoms with E-state index in [-0.39, 0.29) is 30.4 Å². The van der Waals surface area contributed by atoms with Gasteiger partial charge in [-0.15, -0.1) is 0 Å². The van der Waals surface area contributed by atoms with Crippen molar-refractivity contribution in [1.82, 2.24) is 4.90 Å². The fraction of sp³-hybridized carbons (Fsp3) is 0.500. The number of amides is 2. The lowest BCUT2D eigenvalue weighted by Gasteiger charge is -2.33. The number of nitrogens with one attached hydrogen (secondary N) is 1. The molecule has 3 aliphatic rings. The Hall–Kier alpha value is -2.57. The second-order valence-corrected chi connectivity index (χ2v) is 6.96. The van der Waals surface area contributed by atoms with Crippen LogP contribution in [0.5, 0.6) is 5.75 Å². The molecule has 0 unspecified atom stereocenters. The first-order chi connectivity index (χ1) is 12.0. The summed E-state index contributed by atoms with van der Waals surface area (Å²) in [5.74, 6) is -0.724. The standard InChI is InChI=1S/C18H20N2O5/c21-16-9-25-15-6-5-11(7-12(15)19-16)17(22)20-13-4-2-1-3-10(13)8-14(20)18(23)24/h5-7,10,13-14H,1-4,8-9H2,(H,19,21)(H,23,24)/t10-,13-,14+/m1/s1. The van der Waals surface area contributed by atoms with Crippen LogP contribution in [0.4, 0.5) is 5.69 Å². The van der Waals surface area contributed by atoms with Gasteiger partial charge in [-0.05, 0) is 43.4 Å². The smallest absolute Gasteiger partial charge is 0.326 e. The summed E-state index contributed by atoms with van der Waals surface area (Å²) in [6.45, 7) is -0.0444. The van der Waals surface area contributed by atoms with Crippen LogP contribution < -0.4 is 10.1 Å². The van der Waals surface area contributed by atoms with Crippen molar-refractivity contribution in [3.63, 3.8) is 0 Å². The van der Waals surface area contributed by atoms with E-state index in [9.17, 15) is 19.5 Å². The molecule has 1 aliphatic carbocycles. The van der Waals surface area contributed by atoms with Gasteiger partial charge >= 0.3 is 5.97 Å². The number of hydrogen-bond acceptors (Lipinski definition) is 4. The molecule has 2 aliphatic heterocycles. The molecule has 7 nitrogen and oxygen atoms in total. The zero-order valence-electron chi connectivity index (χ0n) is 13.7. The van der Waals surface area contributed by atoms with E-state index < -0.39 is 12.0 Å². The minimum atomic E-state index is -0.947. The Balaban J connectivity index is 1.65. The molecular formula is C18H20N2O5. The topological polar surface area (TPSA) is 95.9 Å². The normalized spacial score (nSPS) is 27.8. The van der Waals surface area contributed by atoms with Crippen LogP contribution in [0.2, 0.25) is 0 Å². The largest absolute Gasteiger partial charge is 0.482 e. The van der Waals surface area contributed by atoms with Crippen LogP contribution in [0.3, 0.4) is 0 Å². The third kappa shape index (κ3) is 2.73. The van der Waals surface area contributed by atoms with Gasteiger partial charge in [-0.3, -0.25) is 9.59 Å². The summed E-state index contributed by atoms with van der Waals surface area (Å²) in [5, 5.41) is 12.3. The van der Waals surface area contributed by atoms with Crippen molar-refractivity contribution in [3.05, 3.63) is 23.8 Å². The summed E-state index contributed by atoms with van der Waals surface area (Å²) in [6, 6.07) is 4.07. The molecule has 1 saturated carbocycles. The van der Waals surface area contributed by atoms with Crippen molar-refractivity contribution in [3.8, 4) is 5.75 Å². The maximum absolute atomic E-state index is 13.1. The van der Waals surface area contributed by atoms with Crippen LogP contribution in [0.1, 0.15) is 42.5 Å². The van der Waals surface area contributed by atoms with Gasteiger partial charge in [-0.2, -0.15) is 0 Å². The zero-order valence-corrected chi connectivity index (χ0v) is 13.7. The highest BCUT2D eigenvalue weighted by molar-refractivity contribution is 6.01. The summed E-state index contributed by atoms with van der Waals surface area (Å²) in [5.41, 5.74) is 0.829. The second-order valence-electron chi connectivity index (χ2n) is 6.96. The summed E-state index contributed by atoms with van der Waals surface area (Å²) in [7, 11) is 0. The van der Waals surface area contributed by atoms with Crippen molar-refractivity contribution in [2.24, 2.45) is 5.92 Å². The maximum atomic E-state index is 13.1. The lowest BCUT2D eigenvalue weighted by molar-refractivity contribution is -0.141. The summed E-state index contributed by atoms with van der Waals surface area (Å²) >= 11 is 0. The quantitative estimate of drug-likeness (QED) is 0.854. The van der Waals surface area contributed by atoms with Gasteiger partial charge in [-0.25, -0.2) is 4.79 Å². The first-order valence-corrected chi connectivity index (χ1v) is 8.67. The monoisotopic (exact) mass is 344 g/mol. The molecule has 2 amide bonds. The lowest BCUT2D eigenvalue weighted by atomic mass is 9.84. The van der Waals surface area contributed by atoms with Gasteiger partial charge in [0.05, 0.1) is 5.69 Å². The third-order valence-electron chi connectivity index (χ3n) is 5.47. The predicted octanol–water partition coefficient (Wildman–Crippen LogP) is 1.88. The molecule has 2 fully saturated rings. The number of nitrogens with zero attached hydrogens (tertiary/aromatic N) is 1. The van der Waals surface area contributed by atoms with Crippen molar-refractivity contribution in [2.75, 3.05) is 11.9 Å². The number of ether oxygens (including phenoxy) is 1. The Kier molecular flexibility index (Phi) is 3.86. The third-order valence-corrected chi connectivity index (χ3v) is 5.47. The van der Waals surface area contributed by atoms with Crippen LogP contribution in [-0.2, 0) is 9.59 Å². The van der Waals surface area contributed by atoms with Crippen LogP contribution in [0.15, 0.2) is 18.2 Å². The number of fused-ring (bicyclic) bond motifs is 2. The Morgan fingerprint density at radius 2 is 2.04 bits per heavy atom. The van der Waals surface area contributed by atoms with Crippen molar-refractivity contribution in [2.45, 2.75) is 44.2 Å². The van der Waals surface area contributed by atoms with E-state index in [2.05, 4.69) is 5.32 Å². The average Bonchev–Trinajstić information content (AvgIpc) is 3.00. The zero-order chi connectivity index (χ0) is 17.6. The number of benzene rings is 1. The summed E-state index contributed by atoms with van der Waals surface area (Å²) < 4.78 is 5.31. The highest BCUT2D eigenvalue weighted by Gasteiger charge is 2.47. The van der Waals surface area contributed by atoms with E-state index in [1.165, 1.54) is 0 Å². The molecular weight excluding hydrogens is 324 g/mol. The molecule has 0 aromatic heterocycles. The molecule has 0 bridgehead atoms. The number of likely N-dealkylation sites (tertiary alicyclic amines) is 1. The van der Waals surface area contributed by atoms with Gasteiger partial charge < -0.3 is 20.1 Å². The lowest BCUT2D eigenvalue weighted by Crippen LogP contribution is -2.46. The van der Waals surface area contributed by atoms with Crippen LogP contribution in [0, 0.1) is 5.92 Å². The Labute approximate surface area is 144 Å². The number of aliphatic carboxylic acids is 1. The molecule has 7 heteroatoms. The van der Waals surface area contributed by atoms with Gasteiger partial charge in [0.2, 0.25) is 0 Å². The number of carboxylic acids is 1. The Morgan fingerprint density at radius 1 is 1.24 bits per heavy atom. The van der Waals surface area contributed by atoms with Gasteiger partial charge in [0, 0.05) is 11.6 Å². The van der Waals surface area contributed by atoms with Gasteiger partial charge in [0.25, 0.3) is 11.8 Å². The highest BCUT2D eigenvalue weighted by Crippen LogP contribution is 2.41.